The van der Waals surface area contributed by atoms with E-state index in [-0.39, 0.29) is 22.6 Å². The third-order valence-corrected chi connectivity index (χ3v) is 4.93. The van der Waals surface area contributed by atoms with Gasteiger partial charge in [0.15, 0.2) is 0 Å². The molecule has 0 unspecified atom stereocenters. The van der Waals surface area contributed by atoms with E-state index in [1.807, 2.05) is 31.2 Å². The summed E-state index contributed by atoms with van der Waals surface area (Å²) in [5.74, 6) is 0.472. The quantitative estimate of drug-likeness (QED) is 0.727. The van der Waals surface area contributed by atoms with Crippen LogP contribution in [0.1, 0.15) is 12.5 Å². The maximum atomic E-state index is 12.7. The van der Waals surface area contributed by atoms with Crippen LogP contribution < -0.4 is 9.46 Å². The molecule has 2 aromatic carbocycles. The summed E-state index contributed by atoms with van der Waals surface area (Å²) in [6, 6.07) is 13.9. The number of aryl methyl sites for hydroxylation is 1. The molecule has 3 aromatic rings. The second kappa shape index (κ2) is 6.94. The number of rotatable bonds is 6. The first-order valence-electron chi connectivity index (χ1n) is 7.62. The molecule has 1 aromatic heterocycles. The molecule has 0 radical (unpaired) electrons. The molecule has 7 nitrogen and oxygen atoms in total. The monoisotopic (exact) mass is 359 g/mol. The number of hydrogen-bond donors (Lipinski definition) is 1. The van der Waals surface area contributed by atoms with Crippen molar-refractivity contribution in [3.8, 4) is 17.2 Å². The minimum absolute atomic E-state index is 0.0220. The average molecular weight is 359 g/mol. The van der Waals surface area contributed by atoms with Crippen molar-refractivity contribution in [1.82, 2.24) is 10.2 Å². The Morgan fingerprint density at radius 3 is 2.56 bits per heavy atom. The van der Waals surface area contributed by atoms with Crippen molar-refractivity contribution in [2.24, 2.45) is 0 Å². The lowest BCUT2D eigenvalue weighted by molar-refractivity contribution is 0.402. The number of ether oxygens (including phenoxy) is 1. The van der Waals surface area contributed by atoms with Gasteiger partial charge in [0.05, 0.1) is 7.11 Å². The third kappa shape index (κ3) is 3.63. The summed E-state index contributed by atoms with van der Waals surface area (Å²) in [6.45, 7) is 1.94. The van der Waals surface area contributed by atoms with Crippen molar-refractivity contribution in [1.29, 1.82) is 0 Å². The summed E-state index contributed by atoms with van der Waals surface area (Å²) >= 11 is 0. The molecule has 130 valence electrons. The van der Waals surface area contributed by atoms with Crippen LogP contribution in [0.25, 0.3) is 11.5 Å². The number of anilines is 1. The van der Waals surface area contributed by atoms with Gasteiger partial charge in [0.1, 0.15) is 10.6 Å². The minimum Gasteiger partial charge on any atom is -0.495 e. The Morgan fingerprint density at radius 2 is 1.88 bits per heavy atom. The van der Waals surface area contributed by atoms with E-state index in [2.05, 4.69) is 14.9 Å². The van der Waals surface area contributed by atoms with Crippen LogP contribution in [0.3, 0.4) is 0 Å². The molecule has 0 bridgehead atoms. The summed E-state index contributed by atoms with van der Waals surface area (Å²) < 4.78 is 38.2. The predicted molar refractivity (Wildman–Crippen MR) is 92.9 cm³/mol. The summed E-state index contributed by atoms with van der Waals surface area (Å²) in [5, 5.41) is 7.62. The molecule has 1 N–H and O–H groups in total. The van der Waals surface area contributed by atoms with Crippen molar-refractivity contribution >= 4 is 16.0 Å². The van der Waals surface area contributed by atoms with Crippen LogP contribution >= 0.6 is 0 Å². The first-order chi connectivity index (χ1) is 12.0. The summed E-state index contributed by atoms with van der Waals surface area (Å²) in [4.78, 5) is 0.0220. The molecule has 0 atom stereocenters. The fourth-order valence-corrected chi connectivity index (χ4v) is 3.43. The van der Waals surface area contributed by atoms with Crippen LogP contribution in [0.5, 0.6) is 5.75 Å². The van der Waals surface area contributed by atoms with Gasteiger partial charge < -0.3 is 9.15 Å². The highest BCUT2D eigenvalue weighted by molar-refractivity contribution is 7.92. The molecule has 0 spiro atoms. The van der Waals surface area contributed by atoms with Gasteiger partial charge in [0.2, 0.25) is 5.89 Å². The highest BCUT2D eigenvalue weighted by Gasteiger charge is 2.23. The molecule has 0 saturated heterocycles. The van der Waals surface area contributed by atoms with Crippen LogP contribution in [0.15, 0.2) is 57.8 Å². The normalized spacial score (nSPS) is 11.3. The van der Waals surface area contributed by atoms with E-state index in [0.717, 1.165) is 5.56 Å². The van der Waals surface area contributed by atoms with Gasteiger partial charge >= 0.3 is 6.01 Å². The van der Waals surface area contributed by atoms with Gasteiger partial charge in [-0.05, 0) is 36.2 Å². The highest BCUT2D eigenvalue weighted by atomic mass is 32.2. The van der Waals surface area contributed by atoms with Crippen molar-refractivity contribution in [3.63, 3.8) is 0 Å². The van der Waals surface area contributed by atoms with Gasteiger partial charge in [0.25, 0.3) is 10.0 Å². The number of nitrogens with zero attached hydrogens (tertiary/aromatic N) is 2. The van der Waals surface area contributed by atoms with Crippen LogP contribution in [0.4, 0.5) is 6.01 Å². The average Bonchev–Trinajstić information content (AvgIpc) is 3.09. The van der Waals surface area contributed by atoms with E-state index in [1.54, 1.807) is 24.3 Å². The molecule has 0 aliphatic rings. The van der Waals surface area contributed by atoms with Crippen molar-refractivity contribution in [2.45, 2.75) is 18.2 Å². The Labute approximate surface area is 145 Å². The SMILES string of the molecule is CCc1ccc(OC)c(S(=O)(=O)Nc2nnc(-c3ccccc3)o2)c1. The molecule has 0 saturated carbocycles. The minimum atomic E-state index is -3.93. The third-order valence-electron chi connectivity index (χ3n) is 3.59. The zero-order valence-corrected chi connectivity index (χ0v) is 14.6. The fraction of sp³-hybridized carbons (Fsp3) is 0.176. The maximum Gasteiger partial charge on any atom is 0.330 e. The summed E-state index contributed by atoms with van der Waals surface area (Å²) in [5.41, 5.74) is 1.57. The zero-order valence-electron chi connectivity index (χ0n) is 13.8. The highest BCUT2D eigenvalue weighted by Crippen LogP contribution is 2.27. The lowest BCUT2D eigenvalue weighted by atomic mass is 10.2. The molecule has 1 heterocycles. The molecular weight excluding hydrogens is 342 g/mol. The van der Waals surface area contributed by atoms with E-state index in [4.69, 9.17) is 9.15 Å². The Morgan fingerprint density at radius 1 is 1.12 bits per heavy atom. The van der Waals surface area contributed by atoms with Crippen LogP contribution in [-0.2, 0) is 16.4 Å². The Kier molecular flexibility index (Phi) is 4.71. The Hall–Kier alpha value is -2.87. The standard InChI is InChI=1S/C17H17N3O4S/c1-3-12-9-10-14(23-2)15(11-12)25(21,22)20-17-19-18-16(24-17)13-7-5-4-6-8-13/h4-11H,3H2,1-2H3,(H,19,20). The van der Waals surface area contributed by atoms with E-state index in [9.17, 15) is 8.42 Å². The topological polar surface area (TPSA) is 94.3 Å². The molecule has 3 rings (SSSR count). The summed E-state index contributed by atoms with van der Waals surface area (Å²) in [7, 11) is -2.51. The van der Waals surface area contributed by atoms with Gasteiger partial charge in [-0.1, -0.05) is 36.3 Å². The van der Waals surface area contributed by atoms with Crippen LogP contribution in [0, 0.1) is 0 Å². The van der Waals surface area contributed by atoms with Crippen molar-refractivity contribution in [3.05, 3.63) is 54.1 Å². The number of nitrogens with one attached hydrogen (secondary N) is 1. The molecule has 25 heavy (non-hydrogen) atoms. The van der Waals surface area contributed by atoms with Crippen molar-refractivity contribution < 1.29 is 17.6 Å². The summed E-state index contributed by atoms with van der Waals surface area (Å²) in [6.07, 6.45) is 0.700. The molecule has 0 fully saturated rings. The predicted octanol–water partition coefficient (Wildman–Crippen LogP) is 3.11. The number of sulfonamides is 1. The van der Waals surface area contributed by atoms with Crippen molar-refractivity contribution in [2.75, 3.05) is 11.8 Å². The lowest BCUT2D eigenvalue weighted by Crippen LogP contribution is -2.14. The Balaban J connectivity index is 1.91. The smallest absolute Gasteiger partial charge is 0.330 e. The first-order valence-corrected chi connectivity index (χ1v) is 9.10. The van der Waals surface area contributed by atoms with Gasteiger partial charge in [0, 0.05) is 5.56 Å². The van der Waals surface area contributed by atoms with Gasteiger partial charge in [-0.15, -0.1) is 5.10 Å². The number of methoxy groups -OCH3 is 1. The van der Waals surface area contributed by atoms with Crippen LogP contribution in [-0.4, -0.2) is 25.7 Å². The van der Waals surface area contributed by atoms with E-state index < -0.39 is 10.0 Å². The molecule has 8 heteroatoms. The first kappa shape index (κ1) is 17.0. The van der Waals surface area contributed by atoms with E-state index >= 15 is 0 Å². The van der Waals surface area contributed by atoms with Gasteiger partial charge in [-0.3, -0.25) is 0 Å². The number of benzene rings is 2. The molecular formula is C17H17N3O4S. The van der Waals surface area contributed by atoms with Gasteiger partial charge in [-0.25, -0.2) is 13.1 Å². The zero-order chi connectivity index (χ0) is 17.9. The number of hydrogen-bond acceptors (Lipinski definition) is 6. The Bertz CT molecular complexity index is 969. The molecule has 0 amide bonds. The molecule has 0 aliphatic heterocycles. The fourth-order valence-electron chi connectivity index (χ4n) is 2.28. The van der Waals surface area contributed by atoms with Gasteiger partial charge in [-0.2, -0.15) is 0 Å². The lowest BCUT2D eigenvalue weighted by Gasteiger charge is -2.10. The maximum absolute atomic E-state index is 12.7. The second-order valence-corrected chi connectivity index (χ2v) is 6.87. The van der Waals surface area contributed by atoms with E-state index in [1.165, 1.54) is 7.11 Å². The van der Waals surface area contributed by atoms with E-state index in [0.29, 0.717) is 12.0 Å². The number of aromatic nitrogens is 2. The second-order valence-electron chi connectivity index (χ2n) is 5.22. The molecule has 0 aliphatic carbocycles. The largest absolute Gasteiger partial charge is 0.495 e. The van der Waals surface area contributed by atoms with Crippen LogP contribution in [0.2, 0.25) is 0 Å².